The smallest absolute Gasteiger partial charge is 0.194 e. The average molecular weight is 491 g/mol. The molecule has 0 aliphatic carbocycles. The van der Waals surface area contributed by atoms with E-state index in [4.69, 9.17) is 4.74 Å². The molecular weight excluding hydrogens is 467 g/mol. The minimum atomic E-state index is -1.62. The molecule has 1 nitrogen and oxygen atoms in total. The lowest BCUT2D eigenvalue weighted by atomic mass is 9.96. The van der Waals surface area contributed by atoms with E-state index in [1.54, 1.807) is 23.9 Å². The van der Waals surface area contributed by atoms with E-state index in [0.29, 0.717) is 24.7 Å². The van der Waals surface area contributed by atoms with Crippen molar-refractivity contribution in [1.82, 2.24) is 0 Å². The fourth-order valence-electron chi connectivity index (χ4n) is 4.11. The van der Waals surface area contributed by atoms with Crippen molar-refractivity contribution in [1.29, 1.82) is 0 Å². The summed E-state index contributed by atoms with van der Waals surface area (Å²) in [5, 5.41) is 0.182. The molecule has 0 bridgehead atoms. The van der Waals surface area contributed by atoms with Gasteiger partial charge in [-0.2, -0.15) is 11.8 Å². The maximum absolute atomic E-state index is 15.0. The van der Waals surface area contributed by atoms with Gasteiger partial charge in [0.25, 0.3) is 0 Å². The molecule has 7 heteroatoms. The number of hydrogen-bond donors (Lipinski definition) is 0. The molecule has 0 amide bonds. The minimum absolute atomic E-state index is 0.108. The first-order valence-corrected chi connectivity index (χ1v) is 12.0. The fourth-order valence-corrected chi connectivity index (χ4v) is 5.52. The van der Waals surface area contributed by atoms with Crippen LogP contribution in [-0.4, -0.2) is 19.0 Å². The van der Waals surface area contributed by atoms with Gasteiger partial charge >= 0.3 is 0 Å². The van der Waals surface area contributed by atoms with Crippen molar-refractivity contribution in [2.24, 2.45) is 5.92 Å². The lowest BCUT2D eigenvalue weighted by Gasteiger charge is -2.28. The van der Waals surface area contributed by atoms with Gasteiger partial charge in [0.2, 0.25) is 0 Å². The van der Waals surface area contributed by atoms with Gasteiger partial charge in [-0.05, 0) is 65.5 Å². The van der Waals surface area contributed by atoms with Gasteiger partial charge in [0, 0.05) is 16.4 Å². The third-order valence-electron chi connectivity index (χ3n) is 5.90. The molecule has 0 radical (unpaired) electrons. The van der Waals surface area contributed by atoms with E-state index >= 15 is 0 Å². The highest BCUT2D eigenvalue weighted by Crippen LogP contribution is 2.42. The molecule has 1 fully saturated rings. The lowest BCUT2D eigenvalue weighted by Crippen LogP contribution is -2.18. The Morgan fingerprint density at radius 3 is 2.09 bits per heavy atom. The van der Waals surface area contributed by atoms with E-state index in [-0.39, 0.29) is 21.9 Å². The van der Waals surface area contributed by atoms with E-state index in [2.05, 4.69) is 6.58 Å². The number of ether oxygens (including phenoxy) is 1. The Bertz CT molecular complexity index is 1160. The summed E-state index contributed by atoms with van der Waals surface area (Å²) in [6.45, 7) is 4.87. The van der Waals surface area contributed by atoms with Crippen LogP contribution in [0.2, 0.25) is 0 Å². The Kier molecular flexibility index (Phi) is 7.73. The van der Waals surface area contributed by atoms with Crippen LogP contribution in [-0.2, 0) is 4.74 Å². The lowest BCUT2D eigenvalue weighted by molar-refractivity contribution is 0.125. The van der Waals surface area contributed by atoms with E-state index in [1.807, 2.05) is 6.07 Å². The molecule has 4 rings (SSSR count). The van der Waals surface area contributed by atoms with Crippen molar-refractivity contribution in [3.63, 3.8) is 0 Å². The summed E-state index contributed by atoms with van der Waals surface area (Å²) >= 11 is 1.78. The number of thioether (sulfide) groups is 1. The largest absolute Gasteiger partial charge is 0.377 e. The van der Waals surface area contributed by atoms with Crippen LogP contribution in [0.3, 0.4) is 0 Å². The van der Waals surface area contributed by atoms with Crippen LogP contribution < -0.4 is 0 Å². The molecule has 1 saturated heterocycles. The van der Waals surface area contributed by atoms with Gasteiger partial charge in [-0.1, -0.05) is 30.3 Å². The Balaban J connectivity index is 1.49. The van der Waals surface area contributed by atoms with Crippen molar-refractivity contribution in [2.75, 3.05) is 19.0 Å². The molecule has 1 heterocycles. The zero-order valence-corrected chi connectivity index (χ0v) is 19.1. The van der Waals surface area contributed by atoms with Gasteiger partial charge in [0.15, 0.2) is 17.5 Å². The molecule has 178 valence electrons. The van der Waals surface area contributed by atoms with E-state index in [0.717, 1.165) is 42.4 Å². The molecule has 2 atom stereocenters. The van der Waals surface area contributed by atoms with Gasteiger partial charge in [0.1, 0.15) is 11.6 Å². The first kappa shape index (κ1) is 24.5. The standard InChI is InChI=1S/C27H23F5OS/c1-2-9-33-14-16-3-8-26(34-15-16)18-5-7-20(23(29)11-18)17-4-6-21(22(28)10-17)19-12-24(30)27(32)25(31)13-19/h2,4-7,10-13,16,26H,1,3,8-9,14-15H2. The zero-order valence-electron chi connectivity index (χ0n) is 18.3. The Morgan fingerprint density at radius 2 is 1.47 bits per heavy atom. The van der Waals surface area contributed by atoms with E-state index in [9.17, 15) is 22.0 Å². The van der Waals surface area contributed by atoms with Crippen molar-refractivity contribution < 1.29 is 26.7 Å². The van der Waals surface area contributed by atoms with E-state index < -0.39 is 29.1 Å². The number of halogens is 5. The van der Waals surface area contributed by atoms with Crippen molar-refractivity contribution in [2.45, 2.75) is 18.1 Å². The predicted molar refractivity (Wildman–Crippen MR) is 126 cm³/mol. The highest BCUT2D eigenvalue weighted by Gasteiger charge is 2.24. The Labute approximate surface area is 199 Å². The number of hydrogen-bond acceptors (Lipinski definition) is 2. The summed E-state index contributed by atoms with van der Waals surface area (Å²) in [6.07, 6.45) is 3.64. The maximum Gasteiger partial charge on any atom is 0.194 e. The van der Waals surface area contributed by atoms with Gasteiger partial charge in [-0.25, -0.2) is 22.0 Å². The second kappa shape index (κ2) is 10.7. The molecule has 0 saturated carbocycles. The molecule has 34 heavy (non-hydrogen) atoms. The van der Waals surface area contributed by atoms with Gasteiger partial charge in [0.05, 0.1) is 13.2 Å². The maximum atomic E-state index is 15.0. The summed E-state index contributed by atoms with van der Waals surface area (Å²) in [7, 11) is 0. The monoisotopic (exact) mass is 490 g/mol. The van der Waals surface area contributed by atoms with Crippen LogP contribution in [0, 0.1) is 35.0 Å². The second-order valence-corrected chi connectivity index (χ2v) is 9.51. The van der Waals surface area contributed by atoms with Crippen LogP contribution in [0.4, 0.5) is 22.0 Å². The molecule has 0 aromatic heterocycles. The summed E-state index contributed by atoms with van der Waals surface area (Å²) < 4.78 is 75.6. The van der Waals surface area contributed by atoms with Crippen LogP contribution in [0.25, 0.3) is 22.3 Å². The topological polar surface area (TPSA) is 9.23 Å². The Morgan fingerprint density at radius 1 is 0.824 bits per heavy atom. The number of rotatable bonds is 7. The molecule has 1 aliphatic heterocycles. The van der Waals surface area contributed by atoms with Crippen molar-refractivity contribution in [3.05, 3.63) is 95.8 Å². The summed E-state index contributed by atoms with van der Waals surface area (Å²) in [4.78, 5) is 0. The Hall–Kier alpha value is -2.64. The molecule has 3 aromatic carbocycles. The second-order valence-electron chi connectivity index (χ2n) is 8.28. The molecule has 0 spiro atoms. The van der Waals surface area contributed by atoms with Crippen LogP contribution >= 0.6 is 11.8 Å². The van der Waals surface area contributed by atoms with Gasteiger partial charge in [-0.3, -0.25) is 0 Å². The normalized spacial score (nSPS) is 18.1. The van der Waals surface area contributed by atoms with Gasteiger partial charge < -0.3 is 4.74 Å². The summed E-state index contributed by atoms with van der Waals surface area (Å²) in [5.74, 6) is -4.29. The van der Waals surface area contributed by atoms with Crippen molar-refractivity contribution >= 4 is 11.8 Å². The minimum Gasteiger partial charge on any atom is -0.377 e. The van der Waals surface area contributed by atoms with Crippen LogP contribution in [0.5, 0.6) is 0 Å². The third kappa shape index (κ3) is 5.36. The van der Waals surface area contributed by atoms with Gasteiger partial charge in [-0.15, -0.1) is 6.58 Å². The highest BCUT2D eigenvalue weighted by atomic mass is 32.2. The van der Waals surface area contributed by atoms with Crippen LogP contribution in [0.15, 0.2) is 61.2 Å². The zero-order chi connectivity index (χ0) is 24.2. The molecule has 1 aliphatic rings. The first-order chi connectivity index (χ1) is 16.4. The predicted octanol–water partition coefficient (Wildman–Crippen LogP) is 8.10. The van der Waals surface area contributed by atoms with Crippen LogP contribution in [0.1, 0.15) is 23.7 Å². The molecule has 3 aromatic rings. The summed E-state index contributed by atoms with van der Waals surface area (Å²) in [5.41, 5.74) is 1.15. The highest BCUT2D eigenvalue weighted by molar-refractivity contribution is 7.99. The SMILES string of the molecule is C=CCOCC1CCC(c2ccc(-c3ccc(-c4cc(F)c(F)c(F)c4)c(F)c3)c(F)c2)SC1. The van der Waals surface area contributed by atoms with Crippen molar-refractivity contribution in [3.8, 4) is 22.3 Å². The quantitative estimate of drug-likeness (QED) is 0.143. The first-order valence-electron chi connectivity index (χ1n) is 10.9. The van der Waals surface area contributed by atoms with E-state index in [1.165, 1.54) is 18.2 Å². The summed E-state index contributed by atoms with van der Waals surface area (Å²) in [6, 6.07) is 10.3. The molecular formula is C27H23F5OS. The average Bonchev–Trinajstić information content (AvgIpc) is 2.83. The molecule has 0 N–H and O–H groups in total. The fraction of sp³-hybridized carbons (Fsp3) is 0.259. The third-order valence-corrected chi connectivity index (χ3v) is 7.47. The molecule has 2 unspecified atom stereocenters. The number of benzene rings is 3.